The van der Waals surface area contributed by atoms with E-state index in [9.17, 15) is 4.79 Å². The Labute approximate surface area is 172 Å². The zero-order chi connectivity index (χ0) is 19.7. The SMILES string of the molecule is COc1cc2c(cc1Cl)CC(C)(C)N/C2=C\C(=O)C12CC3CC(CC(C3)C1)C2. The molecule has 6 rings (SSSR count). The molecule has 1 aromatic rings. The van der Waals surface area contributed by atoms with Crippen molar-refractivity contribution in [3.63, 3.8) is 0 Å². The third-order valence-electron chi connectivity index (χ3n) is 7.61. The molecule has 3 nitrogen and oxygen atoms in total. The molecule has 0 spiro atoms. The van der Waals surface area contributed by atoms with E-state index in [1.165, 1.54) is 24.8 Å². The second-order valence-corrected chi connectivity index (χ2v) is 10.9. The topological polar surface area (TPSA) is 38.3 Å². The number of carbonyl (C=O) groups is 1. The van der Waals surface area contributed by atoms with Crippen molar-refractivity contribution in [3.8, 4) is 5.75 Å². The fraction of sp³-hybridized carbons (Fsp3) is 0.625. The average Bonchev–Trinajstić information content (AvgIpc) is 2.59. The summed E-state index contributed by atoms with van der Waals surface area (Å²) in [5.41, 5.74) is 2.94. The number of fused-ring (bicyclic) bond motifs is 1. The summed E-state index contributed by atoms with van der Waals surface area (Å²) in [6.07, 6.45) is 10.1. The predicted octanol–water partition coefficient (Wildman–Crippen LogP) is 5.40. The highest BCUT2D eigenvalue weighted by molar-refractivity contribution is 6.32. The smallest absolute Gasteiger partial charge is 0.163 e. The van der Waals surface area contributed by atoms with Crippen LogP contribution in [0.4, 0.5) is 0 Å². The minimum atomic E-state index is -0.113. The molecule has 150 valence electrons. The Kier molecular flexibility index (Phi) is 4.14. The quantitative estimate of drug-likeness (QED) is 0.691. The van der Waals surface area contributed by atoms with E-state index in [1.807, 2.05) is 18.2 Å². The minimum absolute atomic E-state index is 0.109. The number of allylic oxidation sites excluding steroid dienone is 1. The van der Waals surface area contributed by atoms with Gasteiger partial charge in [0.1, 0.15) is 5.75 Å². The van der Waals surface area contributed by atoms with Gasteiger partial charge in [-0.2, -0.15) is 0 Å². The maximum absolute atomic E-state index is 13.6. The fourth-order valence-electron chi connectivity index (χ4n) is 6.91. The molecule has 0 unspecified atom stereocenters. The van der Waals surface area contributed by atoms with Gasteiger partial charge in [0.25, 0.3) is 0 Å². The van der Waals surface area contributed by atoms with Crippen LogP contribution >= 0.6 is 11.6 Å². The van der Waals surface area contributed by atoms with Crippen LogP contribution in [0, 0.1) is 23.2 Å². The number of ketones is 1. The molecule has 0 amide bonds. The highest BCUT2D eigenvalue weighted by Gasteiger charge is 2.54. The van der Waals surface area contributed by atoms with Gasteiger partial charge in [-0.1, -0.05) is 11.6 Å². The number of halogens is 1. The van der Waals surface area contributed by atoms with Crippen LogP contribution in [0.15, 0.2) is 18.2 Å². The zero-order valence-corrected chi connectivity index (χ0v) is 17.9. The predicted molar refractivity (Wildman–Crippen MR) is 113 cm³/mol. The number of methoxy groups -OCH3 is 1. The highest BCUT2D eigenvalue weighted by Crippen LogP contribution is 2.60. The molecule has 0 atom stereocenters. The molecule has 1 heterocycles. The first-order valence-corrected chi connectivity index (χ1v) is 11.1. The number of rotatable bonds is 3. The third-order valence-corrected chi connectivity index (χ3v) is 7.90. The van der Waals surface area contributed by atoms with Gasteiger partial charge in [-0.25, -0.2) is 0 Å². The van der Waals surface area contributed by atoms with Gasteiger partial charge in [-0.05, 0) is 94.2 Å². The van der Waals surface area contributed by atoms with E-state index >= 15 is 0 Å². The summed E-state index contributed by atoms with van der Waals surface area (Å²) in [5.74, 6) is 3.32. The van der Waals surface area contributed by atoms with E-state index in [-0.39, 0.29) is 11.0 Å². The maximum Gasteiger partial charge on any atom is 0.163 e. The molecule has 28 heavy (non-hydrogen) atoms. The van der Waals surface area contributed by atoms with Gasteiger partial charge < -0.3 is 10.1 Å². The van der Waals surface area contributed by atoms with Crippen LogP contribution in [0.3, 0.4) is 0 Å². The first-order valence-electron chi connectivity index (χ1n) is 10.7. The van der Waals surface area contributed by atoms with Gasteiger partial charge >= 0.3 is 0 Å². The molecular weight excluding hydrogens is 370 g/mol. The van der Waals surface area contributed by atoms with Gasteiger partial charge in [0, 0.05) is 28.3 Å². The molecule has 5 aliphatic rings. The van der Waals surface area contributed by atoms with Crippen molar-refractivity contribution in [1.29, 1.82) is 0 Å². The van der Waals surface area contributed by atoms with Crippen LogP contribution in [0.5, 0.6) is 5.75 Å². The molecule has 4 fully saturated rings. The van der Waals surface area contributed by atoms with E-state index in [0.717, 1.165) is 54.7 Å². The Morgan fingerprint density at radius 3 is 2.32 bits per heavy atom. The van der Waals surface area contributed by atoms with Gasteiger partial charge in [-0.3, -0.25) is 4.79 Å². The summed E-state index contributed by atoms with van der Waals surface area (Å²) in [5, 5.41) is 4.25. The highest BCUT2D eigenvalue weighted by atomic mass is 35.5. The number of hydrogen-bond donors (Lipinski definition) is 1. The lowest BCUT2D eigenvalue weighted by atomic mass is 9.48. The van der Waals surface area contributed by atoms with Crippen molar-refractivity contribution in [2.24, 2.45) is 23.2 Å². The summed E-state index contributed by atoms with van der Waals surface area (Å²) in [6.45, 7) is 4.36. The molecule has 4 aliphatic carbocycles. The Morgan fingerprint density at radius 1 is 1.14 bits per heavy atom. The molecule has 1 aromatic carbocycles. The number of benzene rings is 1. The standard InChI is InChI=1S/C24H30ClNO2/c1-23(2)13-17-7-19(25)21(28-3)8-18(17)20(26-23)9-22(27)24-10-14-4-15(11-24)6-16(5-14)12-24/h7-9,14-16,26H,4-6,10-13H2,1-3H3/b20-9-. The Bertz CT molecular complexity index is 834. The zero-order valence-electron chi connectivity index (χ0n) is 17.1. The van der Waals surface area contributed by atoms with Crippen molar-refractivity contribution < 1.29 is 9.53 Å². The van der Waals surface area contributed by atoms with E-state index in [4.69, 9.17) is 16.3 Å². The summed E-state index contributed by atoms with van der Waals surface area (Å²) >= 11 is 6.39. The second kappa shape index (κ2) is 6.26. The number of carbonyl (C=O) groups excluding carboxylic acids is 1. The number of hydrogen-bond acceptors (Lipinski definition) is 3. The molecule has 0 radical (unpaired) electrons. The Hall–Kier alpha value is -1.48. The summed E-state index contributed by atoms with van der Waals surface area (Å²) in [6, 6.07) is 3.99. The van der Waals surface area contributed by atoms with E-state index in [2.05, 4.69) is 19.2 Å². The van der Waals surface area contributed by atoms with Crippen molar-refractivity contribution in [2.45, 2.75) is 64.3 Å². The molecule has 0 saturated heterocycles. The monoisotopic (exact) mass is 399 g/mol. The Balaban J connectivity index is 1.54. The van der Waals surface area contributed by atoms with Crippen LogP contribution in [-0.2, 0) is 11.2 Å². The van der Waals surface area contributed by atoms with E-state index in [1.54, 1.807) is 7.11 Å². The third kappa shape index (κ3) is 2.98. The van der Waals surface area contributed by atoms with Gasteiger partial charge in [0.15, 0.2) is 5.78 Å². The fourth-order valence-corrected chi connectivity index (χ4v) is 7.17. The first kappa shape index (κ1) is 18.5. The maximum atomic E-state index is 13.6. The van der Waals surface area contributed by atoms with Crippen molar-refractivity contribution >= 4 is 23.1 Å². The first-order chi connectivity index (χ1) is 13.3. The average molecular weight is 400 g/mol. The summed E-state index contributed by atoms with van der Waals surface area (Å²) in [4.78, 5) is 13.6. The lowest BCUT2D eigenvalue weighted by molar-refractivity contribution is -0.138. The Morgan fingerprint density at radius 2 is 1.75 bits per heavy atom. The molecule has 4 bridgehead atoms. The number of nitrogens with one attached hydrogen (secondary N) is 1. The van der Waals surface area contributed by atoms with Gasteiger partial charge in [-0.15, -0.1) is 0 Å². The van der Waals surface area contributed by atoms with Crippen LogP contribution in [0.1, 0.15) is 63.5 Å². The van der Waals surface area contributed by atoms with E-state index < -0.39 is 0 Å². The van der Waals surface area contributed by atoms with Gasteiger partial charge in [0.2, 0.25) is 0 Å². The molecule has 1 aliphatic heterocycles. The molecule has 4 heteroatoms. The largest absolute Gasteiger partial charge is 0.495 e. The van der Waals surface area contributed by atoms with Crippen LogP contribution in [0.2, 0.25) is 5.02 Å². The van der Waals surface area contributed by atoms with Gasteiger partial charge in [0.05, 0.1) is 12.1 Å². The molecule has 4 saturated carbocycles. The molecular formula is C24H30ClNO2. The number of ether oxygens (including phenoxy) is 1. The van der Waals surface area contributed by atoms with E-state index in [0.29, 0.717) is 16.6 Å². The molecule has 1 N–H and O–H groups in total. The lowest BCUT2D eigenvalue weighted by Crippen LogP contribution is -2.50. The summed E-state index contributed by atoms with van der Waals surface area (Å²) < 4.78 is 5.44. The minimum Gasteiger partial charge on any atom is -0.495 e. The van der Waals surface area contributed by atoms with Crippen molar-refractivity contribution in [3.05, 3.63) is 34.4 Å². The van der Waals surface area contributed by atoms with Crippen LogP contribution in [-0.4, -0.2) is 18.4 Å². The normalized spacial score (nSPS) is 36.1. The summed E-state index contributed by atoms with van der Waals surface area (Å²) in [7, 11) is 1.64. The van der Waals surface area contributed by atoms with Crippen molar-refractivity contribution in [1.82, 2.24) is 5.32 Å². The second-order valence-electron chi connectivity index (χ2n) is 10.4. The van der Waals surface area contributed by atoms with Crippen molar-refractivity contribution in [2.75, 3.05) is 7.11 Å². The van der Waals surface area contributed by atoms with Crippen LogP contribution in [0.25, 0.3) is 5.70 Å². The lowest BCUT2D eigenvalue weighted by Gasteiger charge is -2.55. The molecule has 0 aromatic heterocycles. The van der Waals surface area contributed by atoms with Crippen LogP contribution < -0.4 is 10.1 Å².